The summed E-state index contributed by atoms with van der Waals surface area (Å²) in [6.45, 7) is 0. The second-order valence-electron chi connectivity index (χ2n) is 3.14. The number of carboxylic acids is 1. The van der Waals surface area contributed by atoms with Crippen LogP contribution in [0.15, 0.2) is 30.3 Å². The number of aryl methyl sites for hydroxylation is 1. The van der Waals surface area contributed by atoms with E-state index in [-0.39, 0.29) is 0 Å². The van der Waals surface area contributed by atoms with E-state index in [0.717, 1.165) is 11.8 Å². The van der Waals surface area contributed by atoms with Crippen molar-refractivity contribution in [2.45, 2.75) is 12.8 Å². The smallest absolute Gasteiger partial charge is 0.311 e. The SMILES string of the molecule is N=CC(CCc1ccccc1)C(=O)O. The Morgan fingerprint density at radius 3 is 2.57 bits per heavy atom. The van der Waals surface area contributed by atoms with Gasteiger partial charge in [-0.1, -0.05) is 30.3 Å². The number of hydrogen-bond donors (Lipinski definition) is 2. The largest absolute Gasteiger partial charge is 0.481 e. The summed E-state index contributed by atoms with van der Waals surface area (Å²) in [4.78, 5) is 10.6. The highest BCUT2D eigenvalue weighted by Gasteiger charge is 2.13. The molecule has 0 fully saturated rings. The third-order valence-electron chi connectivity index (χ3n) is 2.11. The van der Waals surface area contributed by atoms with Crippen molar-refractivity contribution in [3.8, 4) is 0 Å². The first-order valence-electron chi connectivity index (χ1n) is 4.51. The fraction of sp³-hybridized carbons (Fsp3) is 0.273. The Bertz CT molecular complexity index is 308. The quantitative estimate of drug-likeness (QED) is 0.699. The molecule has 0 radical (unpaired) electrons. The topological polar surface area (TPSA) is 61.2 Å². The van der Waals surface area contributed by atoms with Gasteiger partial charge in [0.1, 0.15) is 0 Å². The molecular formula is C11H13NO2. The summed E-state index contributed by atoms with van der Waals surface area (Å²) < 4.78 is 0. The van der Waals surface area contributed by atoms with Crippen LogP contribution in [0.1, 0.15) is 12.0 Å². The highest BCUT2D eigenvalue weighted by Crippen LogP contribution is 2.08. The van der Waals surface area contributed by atoms with Crippen LogP contribution in [-0.4, -0.2) is 17.3 Å². The van der Waals surface area contributed by atoms with Gasteiger partial charge in [-0.05, 0) is 18.4 Å². The zero-order chi connectivity index (χ0) is 10.4. The molecule has 2 N–H and O–H groups in total. The Kier molecular flexibility index (Phi) is 3.85. The van der Waals surface area contributed by atoms with Crippen LogP contribution in [0.3, 0.4) is 0 Å². The Labute approximate surface area is 82.9 Å². The summed E-state index contributed by atoms with van der Waals surface area (Å²) in [7, 11) is 0. The molecule has 1 aromatic rings. The van der Waals surface area contributed by atoms with Gasteiger partial charge in [0.25, 0.3) is 0 Å². The van der Waals surface area contributed by atoms with Crippen LogP contribution in [0.4, 0.5) is 0 Å². The molecule has 1 rings (SSSR count). The molecule has 0 saturated heterocycles. The molecule has 0 aliphatic heterocycles. The number of carboxylic acid groups (broad SMARTS) is 1. The minimum Gasteiger partial charge on any atom is -0.481 e. The molecule has 0 aliphatic carbocycles. The Morgan fingerprint density at radius 1 is 1.43 bits per heavy atom. The molecule has 1 unspecified atom stereocenters. The van der Waals surface area contributed by atoms with Crippen LogP contribution in [0.25, 0.3) is 0 Å². The van der Waals surface area contributed by atoms with E-state index in [1.165, 1.54) is 0 Å². The molecule has 0 saturated carbocycles. The van der Waals surface area contributed by atoms with Crippen LogP contribution in [-0.2, 0) is 11.2 Å². The van der Waals surface area contributed by atoms with Gasteiger partial charge in [0.05, 0.1) is 5.92 Å². The van der Waals surface area contributed by atoms with Crippen LogP contribution in [0.2, 0.25) is 0 Å². The predicted molar refractivity (Wildman–Crippen MR) is 54.7 cm³/mol. The second-order valence-corrected chi connectivity index (χ2v) is 3.14. The first-order chi connectivity index (χ1) is 6.74. The minimum absolute atomic E-state index is 0.489. The molecule has 3 heteroatoms. The van der Waals surface area contributed by atoms with Crippen molar-refractivity contribution >= 4 is 12.2 Å². The van der Waals surface area contributed by atoms with Gasteiger partial charge in [-0.3, -0.25) is 4.79 Å². The number of rotatable bonds is 5. The van der Waals surface area contributed by atoms with Gasteiger partial charge in [-0.2, -0.15) is 0 Å². The van der Waals surface area contributed by atoms with E-state index in [4.69, 9.17) is 10.5 Å². The molecule has 0 aliphatic rings. The average Bonchev–Trinajstić information content (AvgIpc) is 2.20. The molecule has 3 nitrogen and oxygen atoms in total. The molecular weight excluding hydrogens is 178 g/mol. The third kappa shape index (κ3) is 3.01. The maximum absolute atomic E-state index is 10.6. The second kappa shape index (κ2) is 5.17. The number of carbonyl (C=O) groups is 1. The lowest BCUT2D eigenvalue weighted by atomic mass is 10.0. The molecule has 0 amide bonds. The predicted octanol–water partition coefficient (Wildman–Crippen LogP) is 1.97. The maximum atomic E-state index is 10.6. The van der Waals surface area contributed by atoms with E-state index in [2.05, 4.69) is 0 Å². The molecule has 0 heterocycles. The lowest BCUT2D eigenvalue weighted by Gasteiger charge is -2.05. The highest BCUT2D eigenvalue weighted by molar-refractivity contribution is 5.87. The monoisotopic (exact) mass is 191 g/mol. The van der Waals surface area contributed by atoms with E-state index in [1.807, 2.05) is 30.3 Å². The van der Waals surface area contributed by atoms with Gasteiger partial charge in [-0.15, -0.1) is 0 Å². The molecule has 14 heavy (non-hydrogen) atoms. The normalized spacial score (nSPS) is 12.0. The van der Waals surface area contributed by atoms with Crippen molar-refractivity contribution in [1.82, 2.24) is 0 Å². The summed E-state index contributed by atoms with van der Waals surface area (Å²) in [5, 5.41) is 15.7. The van der Waals surface area contributed by atoms with Crippen molar-refractivity contribution in [3.05, 3.63) is 35.9 Å². The van der Waals surface area contributed by atoms with Gasteiger partial charge in [0.2, 0.25) is 0 Å². The summed E-state index contributed by atoms with van der Waals surface area (Å²) >= 11 is 0. The van der Waals surface area contributed by atoms with Crippen molar-refractivity contribution in [2.24, 2.45) is 5.92 Å². The molecule has 0 spiro atoms. The Hall–Kier alpha value is -1.64. The number of aliphatic carboxylic acids is 1. The fourth-order valence-corrected chi connectivity index (χ4v) is 1.24. The molecule has 74 valence electrons. The summed E-state index contributed by atoms with van der Waals surface area (Å²) in [5.74, 6) is -1.58. The summed E-state index contributed by atoms with van der Waals surface area (Å²) in [5.41, 5.74) is 1.11. The lowest BCUT2D eigenvalue weighted by Crippen LogP contribution is -2.15. The van der Waals surface area contributed by atoms with Crippen molar-refractivity contribution in [1.29, 1.82) is 5.41 Å². The van der Waals surface area contributed by atoms with Gasteiger partial charge >= 0.3 is 5.97 Å². The summed E-state index contributed by atoms with van der Waals surface area (Å²) in [6.07, 6.45) is 2.18. The number of hydrogen-bond acceptors (Lipinski definition) is 2. The average molecular weight is 191 g/mol. The number of benzene rings is 1. The van der Waals surface area contributed by atoms with E-state index in [1.54, 1.807) is 0 Å². The molecule has 0 aromatic heterocycles. The van der Waals surface area contributed by atoms with Gasteiger partial charge in [0.15, 0.2) is 0 Å². The van der Waals surface area contributed by atoms with Gasteiger partial charge < -0.3 is 10.5 Å². The fourth-order valence-electron chi connectivity index (χ4n) is 1.24. The maximum Gasteiger partial charge on any atom is 0.311 e. The molecule has 0 bridgehead atoms. The van der Waals surface area contributed by atoms with Gasteiger partial charge in [0, 0.05) is 6.21 Å². The van der Waals surface area contributed by atoms with Crippen molar-refractivity contribution < 1.29 is 9.90 Å². The first-order valence-corrected chi connectivity index (χ1v) is 4.51. The zero-order valence-corrected chi connectivity index (χ0v) is 7.81. The standard InChI is InChI=1S/C11H13NO2/c12-8-10(11(13)14)7-6-9-4-2-1-3-5-9/h1-5,8,10,12H,6-7H2,(H,13,14). The molecule has 1 atom stereocenters. The lowest BCUT2D eigenvalue weighted by molar-refractivity contribution is -0.139. The van der Waals surface area contributed by atoms with Gasteiger partial charge in [-0.25, -0.2) is 0 Å². The van der Waals surface area contributed by atoms with Crippen molar-refractivity contribution in [3.63, 3.8) is 0 Å². The van der Waals surface area contributed by atoms with Crippen LogP contribution < -0.4 is 0 Å². The number of nitrogens with one attached hydrogen (secondary N) is 1. The summed E-state index contributed by atoms with van der Waals surface area (Å²) in [6, 6.07) is 9.70. The highest BCUT2D eigenvalue weighted by atomic mass is 16.4. The van der Waals surface area contributed by atoms with Crippen LogP contribution in [0, 0.1) is 11.3 Å². The first kappa shape index (κ1) is 10.4. The van der Waals surface area contributed by atoms with Crippen molar-refractivity contribution in [2.75, 3.05) is 0 Å². The third-order valence-corrected chi connectivity index (χ3v) is 2.11. The zero-order valence-electron chi connectivity index (χ0n) is 7.81. The van der Waals surface area contributed by atoms with E-state index in [0.29, 0.717) is 12.8 Å². The van der Waals surface area contributed by atoms with E-state index < -0.39 is 11.9 Å². The Morgan fingerprint density at radius 2 is 2.07 bits per heavy atom. The Balaban J connectivity index is 2.47. The van der Waals surface area contributed by atoms with E-state index in [9.17, 15) is 4.79 Å². The van der Waals surface area contributed by atoms with Crippen LogP contribution in [0.5, 0.6) is 0 Å². The van der Waals surface area contributed by atoms with Crippen LogP contribution >= 0.6 is 0 Å². The minimum atomic E-state index is -0.920. The molecule has 1 aromatic carbocycles. The van der Waals surface area contributed by atoms with E-state index >= 15 is 0 Å².